The number of likely N-dealkylation sites (tertiary alicyclic amines) is 1. The molecule has 0 spiro atoms. The maximum Gasteiger partial charge on any atom is 0.328 e. The summed E-state index contributed by atoms with van der Waals surface area (Å²) in [6.07, 6.45) is 3.65. The Labute approximate surface area is 112 Å². The van der Waals surface area contributed by atoms with Gasteiger partial charge in [0.25, 0.3) is 5.91 Å². The summed E-state index contributed by atoms with van der Waals surface area (Å²) in [7, 11) is 0. The van der Waals surface area contributed by atoms with Crippen molar-refractivity contribution in [2.45, 2.75) is 13.3 Å². The minimum absolute atomic E-state index is 0.0538. The van der Waals surface area contributed by atoms with Crippen molar-refractivity contribution in [3.8, 4) is 0 Å². The summed E-state index contributed by atoms with van der Waals surface area (Å²) >= 11 is 0. The second-order valence-electron chi connectivity index (χ2n) is 4.94. The Kier molecular flexibility index (Phi) is 4.00. The third-order valence-electron chi connectivity index (χ3n) is 3.29. The fraction of sp³-hybridized carbons (Fsp3) is 0.333. The molecule has 0 bridgehead atoms. The predicted octanol–water partition coefficient (Wildman–Crippen LogP) is 2.27. The number of hydrogen-bond donors (Lipinski definition) is 1. The van der Waals surface area contributed by atoms with Crippen molar-refractivity contribution in [2.75, 3.05) is 13.1 Å². The van der Waals surface area contributed by atoms with Gasteiger partial charge in [-0.25, -0.2) is 4.79 Å². The Morgan fingerprint density at radius 2 is 2.00 bits per heavy atom. The van der Waals surface area contributed by atoms with Crippen LogP contribution in [-0.2, 0) is 4.79 Å². The summed E-state index contributed by atoms with van der Waals surface area (Å²) in [6, 6.07) is 7.00. The molecule has 1 amide bonds. The van der Waals surface area contributed by atoms with Gasteiger partial charge in [-0.15, -0.1) is 0 Å². The normalized spacial score (nSPS) is 19.0. The first-order valence-electron chi connectivity index (χ1n) is 6.36. The molecule has 0 saturated carbocycles. The summed E-state index contributed by atoms with van der Waals surface area (Å²) in [6.45, 7) is 3.78. The Balaban J connectivity index is 2.06. The van der Waals surface area contributed by atoms with Gasteiger partial charge in [0.2, 0.25) is 0 Å². The number of carboxylic acids is 1. The number of hydrogen-bond acceptors (Lipinski definition) is 2. The molecule has 0 aromatic heterocycles. The van der Waals surface area contributed by atoms with Gasteiger partial charge >= 0.3 is 5.97 Å². The largest absolute Gasteiger partial charge is 0.478 e. The van der Waals surface area contributed by atoms with E-state index in [0.717, 1.165) is 31.1 Å². The Bertz CT molecular complexity index is 505. The molecule has 1 aromatic rings. The second kappa shape index (κ2) is 5.69. The topological polar surface area (TPSA) is 57.6 Å². The molecule has 1 aliphatic rings. The van der Waals surface area contributed by atoms with Crippen molar-refractivity contribution in [1.29, 1.82) is 0 Å². The van der Waals surface area contributed by atoms with Crippen molar-refractivity contribution in [3.63, 3.8) is 0 Å². The molecule has 1 N–H and O–H groups in total. The van der Waals surface area contributed by atoms with Crippen molar-refractivity contribution in [3.05, 3.63) is 41.5 Å². The Hall–Kier alpha value is -2.10. The van der Waals surface area contributed by atoms with E-state index < -0.39 is 5.97 Å². The van der Waals surface area contributed by atoms with Crippen LogP contribution in [0.4, 0.5) is 0 Å². The molecule has 1 aliphatic heterocycles. The zero-order valence-electron chi connectivity index (χ0n) is 10.9. The lowest BCUT2D eigenvalue weighted by Crippen LogP contribution is -2.28. The van der Waals surface area contributed by atoms with Crippen LogP contribution in [0.5, 0.6) is 0 Å². The first-order chi connectivity index (χ1) is 9.06. The zero-order valence-corrected chi connectivity index (χ0v) is 10.9. The molecule has 4 heteroatoms. The SMILES string of the molecule is CC1CCN(C(=O)c2ccc(/C=C/C(=O)O)cc2)C1. The van der Waals surface area contributed by atoms with Crippen LogP contribution in [-0.4, -0.2) is 35.0 Å². The lowest BCUT2D eigenvalue weighted by molar-refractivity contribution is -0.131. The predicted molar refractivity (Wildman–Crippen MR) is 72.8 cm³/mol. The van der Waals surface area contributed by atoms with Crippen molar-refractivity contribution >= 4 is 18.0 Å². The summed E-state index contributed by atoms with van der Waals surface area (Å²) in [5, 5.41) is 8.54. The molecule has 1 saturated heterocycles. The van der Waals surface area contributed by atoms with Gasteiger partial charge in [-0.2, -0.15) is 0 Å². The van der Waals surface area contributed by atoms with Gasteiger partial charge in [0, 0.05) is 24.7 Å². The number of carbonyl (C=O) groups excluding carboxylic acids is 1. The average Bonchev–Trinajstić information content (AvgIpc) is 2.83. The van der Waals surface area contributed by atoms with Gasteiger partial charge < -0.3 is 10.0 Å². The molecule has 1 aromatic carbocycles. The molecule has 0 aliphatic carbocycles. The molecule has 2 rings (SSSR count). The van der Waals surface area contributed by atoms with E-state index in [9.17, 15) is 9.59 Å². The molecular weight excluding hydrogens is 242 g/mol. The number of nitrogens with zero attached hydrogens (tertiary/aromatic N) is 1. The zero-order chi connectivity index (χ0) is 13.8. The van der Waals surface area contributed by atoms with E-state index >= 15 is 0 Å². The molecule has 1 fully saturated rings. The Morgan fingerprint density at radius 1 is 1.32 bits per heavy atom. The van der Waals surface area contributed by atoms with Crippen molar-refractivity contribution in [2.24, 2.45) is 5.92 Å². The molecule has 1 heterocycles. The fourth-order valence-corrected chi connectivity index (χ4v) is 2.21. The maximum atomic E-state index is 12.2. The smallest absolute Gasteiger partial charge is 0.328 e. The van der Waals surface area contributed by atoms with Gasteiger partial charge in [0.1, 0.15) is 0 Å². The van der Waals surface area contributed by atoms with Gasteiger partial charge in [0.05, 0.1) is 0 Å². The van der Waals surface area contributed by atoms with E-state index in [0.29, 0.717) is 11.5 Å². The molecule has 4 nitrogen and oxygen atoms in total. The Morgan fingerprint density at radius 3 is 2.53 bits per heavy atom. The van der Waals surface area contributed by atoms with Crippen molar-refractivity contribution < 1.29 is 14.7 Å². The van der Waals surface area contributed by atoms with Crippen LogP contribution in [0.2, 0.25) is 0 Å². The van der Waals surface area contributed by atoms with E-state index in [-0.39, 0.29) is 5.91 Å². The summed E-state index contributed by atoms with van der Waals surface area (Å²) in [5.74, 6) is -0.356. The lowest BCUT2D eigenvalue weighted by atomic mass is 10.1. The molecule has 19 heavy (non-hydrogen) atoms. The van der Waals surface area contributed by atoms with Crippen LogP contribution in [0.15, 0.2) is 30.3 Å². The molecule has 0 radical (unpaired) electrons. The maximum absolute atomic E-state index is 12.2. The van der Waals surface area contributed by atoms with Gasteiger partial charge in [-0.1, -0.05) is 19.1 Å². The van der Waals surface area contributed by atoms with Crippen LogP contribution >= 0.6 is 0 Å². The molecule has 100 valence electrons. The summed E-state index contributed by atoms with van der Waals surface area (Å²) in [5.41, 5.74) is 1.43. The van der Waals surface area contributed by atoms with E-state index in [1.807, 2.05) is 4.90 Å². The third kappa shape index (κ3) is 3.44. The lowest BCUT2D eigenvalue weighted by Gasteiger charge is -2.15. The fourth-order valence-electron chi connectivity index (χ4n) is 2.21. The first kappa shape index (κ1) is 13.3. The van der Waals surface area contributed by atoms with E-state index in [4.69, 9.17) is 5.11 Å². The highest BCUT2D eigenvalue weighted by atomic mass is 16.4. The van der Waals surface area contributed by atoms with E-state index in [1.54, 1.807) is 24.3 Å². The van der Waals surface area contributed by atoms with Crippen LogP contribution in [0, 0.1) is 5.92 Å². The number of rotatable bonds is 3. The second-order valence-corrected chi connectivity index (χ2v) is 4.94. The highest BCUT2D eigenvalue weighted by molar-refractivity contribution is 5.94. The first-order valence-corrected chi connectivity index (χ1v) is 6.36. The molecule has 1 unspecified atom stereocenters. The summed E-state index contributed by atoms with van der Waals surface area (Å²) in [4.78, 5) is 24.5. The number of carbonyl (C=O) groups is 2. The monoisotopic (exact) mass is 259 g/mol. The van der Waals surface area contributed by atoms with Crippen LogP contribution < -0.4 is 0 Å². The standard InChI is InChI=1S/C15H17NO3/c1-11-8-9-16(10-11)15(19)13-5-2-12(3-6-13)4-7-14(17)18/h2-7,11H,8-10H2,1H3,(H,17,18)/b7-4+. The number of amides is 1. The summed E-state index contributed by atoms with van der Waals surface area (Å²) < 4.78 is 0. The number of aliphatic carboxylic acids is 1. The number of benzene rings is 1. The van der Waals surface area contributed by atoms with E-state index in [1.165, 1.54) is 6.08 Å². The van der Waals surface area contributed by atoms with Gasteiger partial charge in [-0.05, 0) is 36.1 Å². The van der Waals surface area contributed by atoms with Gasteiger partial charge in [0.15, 0.2) is 0 Å². The molecular formula is C15H17NO3. The third-order valence-corrected chi connectivity index (χ3v) is 3.29. The van der Waals surface area contributed by atoms with E-state index in [2.05, 4.69) is 6.92 Å². The van der Waals surface area contributed by atoms with Crippen LogP contribution in [0.3, 0.4) is 0 Å². The molecule has 1 atom stereocenters. The van der Waals surface area contributed by atoms with Crippen LogP contribution in [0.25, 0.3) is 6.08 Å². The minimum atomic E-state index is -0.980. The highest BCUT2D eigenvalue weighted by Crippen LogP contribution is 2.18. The highest BCUT2D eigenvalue weighted by Gasteiger charge is 2.23. The minimum Gasteiger partial charge on any atom is -0.478 e. The van der Waals surface area contributed by atoms with Crippen LogP contribution in [0.1, 0.15) is 29.3 Å². The quantitative estimate of drug-likeness (QED) is 0.847. The van der Waals surface area contributed by atoms with Gasteiger partial charge in [-0.3, -0.25) is 4.79 Å². The average molecular weight is 259 g/mol. The van der Waals surface area contributed by atoms with Crippen molar-refractivity contribution in [1.82, 2.24) is 4.90 Å². The number of carboxylic acid groups (broad SMARTS) is 1.